The number of hydrogen-bond donors (Lipinski definition) is 1. The molecule has 0 amide bonds. The molecule has 1 aliphatic heterocycles. The lowest BCUT2D eigenvalue weighted by molar-refractivity contribution is -0.135. The summed E-state index contributed by atoms with van der Waals surface area (Å²) in [6, 6.07) is 9.27. The van der Waals surface area contributed by atoms with Crippen LogP contribution in [0.5, 0.6) is 0 Å². The fourth-order valence-electron chi connectivity index (χ4n) is 1.93. The van der Waals surface area contributed by atoms with Gasteiger partial charge in [0.15, 0.2) is 0 Å². The Morgan fingerprint density at radius 2 is 1.94 bits per heavy atom. The molecule has 0 spiro atoms. The molecule has 1 heterocycles. The van der Waals surface area contributed by atoms with Crippen molar-refractivity contribution >= 4 is 0 Å². The minimum Gasteiger partial charge on any atom is -0.376 e. The van der Waals surface area contributed by atoms with Crippen molar-refractivity contribution in [3.8, 4) is 0 Å². The first-order valence-electron chi connectivity index (χ1n) is 6.41. The van der Waals surface area contributed by atoms with Gasteiger partial charge in [0.1, 0.15) is 6.10 Å². The minimum absolute atomic E-state index is 0.305. The summed E-state index contributed by atoms with van der Waals surface area (Å²) in [5.41, 5.74) is 2.66. The summed E-state index contributed by atoms with van der Waals surface area (Å²) >= 11 is 0. The first-order chi connectivity index (χ1) is 8.42. The van der Waals surface area contributed by atoms with Crippen molar-refractivity contribution in [2.45, 2.75) is 38.1 Å². The van der Waals surface area contributed by atoms with Crippen LogP contribution >= 0.6 is 0 Å². The maximum atomic E-state index is 5.77. The van der Waals surface area contributed by atoms with Crippen LogP contribution in [-0.2, 0) is 22.6 Å². The third kappa shape index (κ3) is 3.06. The van der Waals surface area contributed by atoms with Gasteiger partial charge in [-0.1, -0.05) is 24.3 Å². The Labute approximate surface area is 102 Å². The molecular weight excluding hydrogens is 214 g/mol. The molecule has 1 aromatic rings. The molecule has 1 saturated carbocycles. The van der Waals surface area contributed by atoms with Gasteiger partial charge >= 0.3 is 0 Å². The zero-order valence-electron chi connectivity index (χ0n) is 10.0. The maximum absolute atomic E-state index is 5.77. The highest BCUT2D eigenvalue weighted by atomic mass is 16.6. The normalized spacial score (nSPS) is 20.2. The average molecular weight is 233 g/mol. The fourth-order valence-corrected chi connectivity index (χ4v) is 1.93. The molecule has 2 fully saturated rings. The Balaban J connectivity index is 1.55. The van der Waals surface area contributed by atoms with Crippen LogP contribution in [0.1, 0.15) is 24.0 Å². The second-order valence-electron chi connectivity index (χ2n) is 4.89. The van der Waals surface area contributed by atoms with Gasteiger partial charge in [-0.2, -0.15) is 0 Å². The Kier molecular flexibility index (Phi) is 3.41. The summed E-state index contributed by atoms with van der Waals surface area (Å²) < 4.78 is 10.9. The highest BCUT2D eigenvalue weighted by Crippen LogP contribution is 2.20. The van der Waals surface area contributed by atoms with E-state index in [9.17, 15) is 0 Å². The standard InChI is InChI=1S/C14H19NO2/c1-2-4-12(8-17-14-9-16-10-14)11(3-1)7-15-13-5-6-13/h1-4,13-15H,5-10H2. The second kappa shape index (κ2) is 5.17. The molecule has 3 nitrogen and oxygen atoms in total. The molecule has 92 valence electrons. The summed E-state index contributed by atoms with van der Waals surface area (Å²) in [6.45, 7) is 3.17. The van der Waals surface area contributed by atoms with Crippen molar-refractivity contribution in [3.05, 3.63) is 35.4 Å². The predicted molar refractivity (Wildman–Crippen MR) is 65.7 cm³/mol. The highest BCUT2D eigenvalue weighted by molar-refractivity contribution is 5.26. The Hall–Kier alpha value is -0.900. The van der Waals surface area contributed by atoms with Crippen LogP contribution in [-0.4, -0.2) is 25.4 Å². The monoisotopic (exact) mass is 233 g/mol. The lowest BCUT2D eigenvalue weighted by atomic mass is 10.1. The van der Waals surface area contributed by atoms with Crippen LogP contribution in [0.15, 0.2) is 24.3 Å². The second-order valence-corrected chi connectivity index (χ2v) is 4.89. The third-order valence-electron chi connectivity index (χ3n) is 3.36. The number of rotatable bonds is 6. The van der Waals surface area contributed by atoms with Gasteiger partial charge in [-0.15, -0.1) is 0 Å². The number of hydrogen-bond acceptors (Lipinski definition) is 3. The van der Waals surface area contributed by atoms with E-state index in [1.807, 2.05) is 0 Å². The predicted octanol–water partition coefficient (Wildman–Crippen LogP) is 1.85. The molecule has 1 aromatic carbocycles. The van der Waals surface area contributed by atoms with E-state index >= 15 is 0 Å². The summed E-state index contributed by atoms with van der Waals surface area (Å²) in [4.78, 5) is 0. The average Bonchev–Trinajstić information content (AvgIpc) is 3.09. The van der Waals surface area contributed by atoms with Gasteiger partial charge in [0, 0.05) is 12.6 Å². The lowest BCUT2D eigenvalue weighted by Crippen LogP contribution is -2.35. The Morgan fingerprint density at radius 3 is 2.59 bits per heavy atom. The molecule has 1 aliphatic carbocycles. The van der Waals surface area contributed by atoms with Crippen LogP contribution in [0, 0.1) is 0 Å². The summed E-state index contributed by atoms with van der Waals surface area (Å²) in [7, 11) is 0. The SMILES string of the molecule is c1ccc(COC2COC2)c(CNC2CC2)c1. The molecule has 1 N–H and O–H groups in total. The fraction of sp³-hybridized carbons (Fsp3) is 0.571. The number of nitrogens with one attached hydrogen (secondary N) is 1. The molecule has 1 saturated heterocycles. The van der Waals surface area contributed by atoms with Crippen molar-refractivity contribution in [1.29, 1.82) is 0 Å². The molecular formula is C14H19NO2. The van der Waals surface area contributed by atoms with Gasteiger partial charge in [-0.3, -0.25) is 0 Å². The molecule has 0 atom stereocenters. The van der Waals surface area contributed by atoms with Gasteiger partial charge in [-0.05, 0) is 24.0 Å². The number of ether oxygens (including phenoxy) is 2. The van der Waals surface area contributed by atoms with Crippen molar-refractivity contribution in [1.82, 2.24) is 5.32 Å². The highest BCUT2D eigenvalue weighted by Gasteiger charge is 2.21. The molecule has 0 unspecified atom stereocenters. The van der Waals surface area contributed by atoms with Crippen LogP contribution < -0.4 is 5.32 Å². The molecule has 0 bridgehead atoms. The molecule has 17 heavy (non-hydrogen) atoms. The van der Waals surface area contributed by atoms with E-state index in [1.54, 1.807) is 0 Å². The topological polar surface area (TPSA) is 30.5 Å². The van der Waals surface area contributed by atoms with E-state index in [4.69, 9.17) is 9.47 Å². The van der Waals surface area contributed by atoms with E-state index in [0.717, 1.165) is 25.8 Å². The quantitative estimate of drug-likeness (QED) is 0.813. The van der Waals surface area contributed by atoms with Gasteiger partial charge in [-0.25, -0.2) is 0 Å². The van der Waals surface area contributed by atoms with E-state index in [1.165, 1.54) is 24.0 Å². The van der Waals surface area contributed by atoms with E-state index in [2.05, 4.69) is 29.6 Å². The molecule has 0 radical (unpaired) electrons. The van der Waals surface area contributed by atoms with E-state index in [-0.39, 0.29) is 0 Å². The van der Waals surface area contributed by atoms with Crippen molar-refractivity contribution in [3.63, 3.8) is 0 Å². The molecule has 2 aliphatic rings. The third-order valence-corrected chi connectivity index (χ3v) is 3.36. The zero-order valence-corrected chi connectivity index (χ0v) is 10.0. The summed E-state index contributed by atoms with van der Waals surface area (Å²) in [5, 5.41) is 3.55. The Morgan fingerprint density at radius 1 is 1.18 bits per heavy atom. The number of benzene rings is 1. The van der Waals surface area contributed by atoms with E-state index < -0.39 is 0 Å². The zero-order chi connectivity index (χ0) is 11.5. The first-order valence-corrected chi connectivity index (χ1v) is 6.41. The van der Waals surface area contributed by atoms with Gasteiger partial charge in [0.2, 0.25) is 0 Å². The minimum atomic E-state index is 0.305. The van der Waals surface area contributed by atoms with Gasteiger partial charge < -0.3 is 14.8 Å². The van der Waals surface area contributed by atoms with Crippen molar-refractivity contribution < 1.29 is 9.47 Å². The largest absolute Gasteiger partial charge is 0.376 e. The molecule has 3 heteroatoms. The van der Waals surface area contributed by atoms with Crippen LogP contribution in [0.4, 0.5) is 0 Å². The summed E-state index contributed by atoms with van der Waals surface area (Å²) in [5.74, 6) is 0. The molecule has 3 rings (SSSR count). The van der Waals surface area contributed by atoms with Gasteiger partial charge in [0.25, 0.3) is 0 Å². The molecule has 0 aromatic heterocycles. The smallest absolute Gasteiger partial charge is 0.105 e. The van der Waals surface area contributed by atoms with Crippen LogP contribution in [0.2, 0.25) is 0 Å². The first kappa shape index (κ1) is 11.2. The van der Waals surface area contributed by atoms with Crippen LogP contribution in [0.25, 0.3) is 0 Å². The lowest BCUT2D eigenvalue weighted by Gasteiger charge is -2.26. The summed E-state index contributed by atoms with van der Waals surface area (Å²) in [6.07, 6.45) is 2.97. The van der Waals surface area contributed by atoms with Gasteiger partial charge in [0.05, 0.1) is 19.8 Å². The van der Waals surface area contributed by atoms with Crippen LogP contribution in [0.3, 0.4) is 0 Å². The van der Waals surface area contributed by atoms with Crippen molar-refractivity contribution in [2.75, 3.05) is 13.2 Å². The van der Waals surface area contributed by atoms with E-state index in [0.29, 0.717) is 12.7 Å². The Bertz CT molecular complexity index is 372. The van der Waals surface area contributed by atoms with Crippen molar-refractivity contribution in [2.24, 2.45) is 0 Å². The maximum Gasteiger partial charge on any atom is 0.105 e.